The van der Waals surface area contributed by atoms with Crippen LogP contribution in [-0.2, 0) is 13.6 Å². The number of nitrogens with zero attached hydrogens (tertiary/aromatic N) is 3. The van der Waals surface area contributed by atoms with Gasteiger partial charge in [0.2, 0.25) is 0 Å². The molecule has 5 heteroatoms. The molecular formula is C13H16N4S. The fourth-order valence-corrected chi connectivity index (χ4v) is 3.48. The molecule has 0 bridgehead atoms. The maximum atomic E-state index is 4.26. The van der Waals surface area contributed by atoms with Crippen molar-refractivity contribution in [2.45, 2.75) is 17.4 Å². The van der Waals surface area contributed by atoms with Crippen molar-refractivity contribution < 1.29 is 0 Å². The highest BCUT2D eigenvalue weighted by atomic mass is 32.2. The summed E-state index contributed by atoms with van der Waals surface area (Å²) in [6.07, 6.45) is 1.73. The molecular weight excluding hydrogens is 244 g/mol. The number of rotatable bonds is 4. The summed E-state index contributed by atoms with van der Waals surface area (Å²) in [5.74, 6) is 2.63. The zero-order valence-corrected chi connectivity index (χ0v) is 11.2. The highest BCUT2D eigenvalue weighted by Gasteiger charge is 2.21. The van der Waals surface area contributed by atoms with Crippen LogP contribution >= 0.6 is 11.8 Å². The minimum Gasteiger partial charge on any atom is -0.309 e. The van der Waals surface area contributed by atoms with E-state index in [0.717, 1.165) is 18.9 Å². The minimum absolute atomic E-state index is 0.606. The summed E-state index contributed by atoms with van der Waals surface area (Å²) in [6.45, 7) is 1.73. The van der Waals surface area contributed by atoms with Crippen molar-refractivity contribution in [2.24, 2.45) is 7.05 Å². The van der Waals surface area contributed by atoms with Gasteiger partial charge in [-0.2, -0.15) is 5.10 Å². The molecule has 0 fully saturated rings. The monoisotopic (exact) mass is 260 g/mol. The van der Waals surface area contributed by atoms with Crippen molar-refractivity contribution in [3.8, 4) is 0 Å². The largest absolute Gasteiger partial charge is 0.309 e. The molecule has 0 radical (unpaired) electrons. The molecule has 1 N–H and O–H groups in total. The Labute approximate surface area is 111 Å². The molecule has 1 aliphatic heterocycles. The molecule has 94 valence electrons. The quantitative estimate of drug-likeness (QED) is 0.910. The van der Waals surface area contributed by atoms with Crippen molar-refractivity contribution in [1.82, 2.24) is 20.1 Å². The normalized spacial score (nSPS) is 17.9. The first-order chi connectivity index (χ1) is 8.83. The van der Waals surface area contributed by atoms with Gasteiger partial charge in [-0.05, 0) is 11.6 Å². The Bertz CT molecular complexity index is 537. The minimum atomic E-state index is 0.606. The van der Waals surface area contributed by atoms with Crippen LogP contribution in [0.5, 0.6) is 0 Å². The van der Waals surface area contributed by atoms with Gasteiger partial charge < -0.3 is 5.32 Å². The lowest BCUT2D eigenvalue weighted by Gasteiger charge is -2.10. The Kier molecular flexibility index (Phi) is 3.34. The van der Waals surface area contributed by atoms with Gasteiger partial charge in [-0.1, -0.05) is 18.2 Å². The van der Waals surface area contributed by atoms with E-state index in [0.29, 0.717) is 5.92 Å². The highest BCUT2D eigenvalue weighted by molar-refractivity contribution is 7.99. The Morgan fingerprint density at radius 3 is 3.17 bits per heavy atom. The summed E-state index contributed by atoms with van der Waals surface area (Å²) >= 11 is 1.95. The molecule has 0 spiro atoms. The van der Waals surface area contributed by atoms with Gasteiger partial charge >= 0.3 is 0 Å². The maximum Gasteiger partial charge on any atom is 0.164 e. The number of aromatic nitrogens is 3. The predicted octanol–water partition coefficient (Wildman–Crippen LogP) is 1.79. The van der Waals surface area contributed by atoms with Crippen LogP contribution in [0, 0.1) is 0 Å². The van der Waals surface area contributed by atoms with E-state index in [4.69, 9.17) is 0 Å². The average Bonchev–Trinajstić information content (AvgIpc) is 2.97. The molecule has 2 aromatic rings. The lowest BCUT2D eigenvalue weighted by molar-refractivity contribution is 0.600. The number of hydrogen-bond donors (Lipinski definition) is 1. The van der Waals surface area contributed by atoms with E-state index in [1.165, 1.54) is 16.2 Å². The molecule has 2 heterocycles. The van der Waals surface area contributed by atoms with Crippen LogP contribution in [0.3, 0.4) is 0 Å². The van der Waals surface area contributed by atoms with Crippen molar-refractivity contribution in [2.75, 3.05) is 12.3 Å². The molecule has 4 nitrogen and oxygen atoms in total. The predicted molar refractivity (Wildman–Crippen MR) is 72.6 cm³/mol. The molecule has 1 atom stereocenters. The lowest BCUT2D eigenvalue weighted by atomic mass is 10.0. The number of benzene rings is 1. The summed E-state index contributed by atoms with van der Waals surface area (Å²) in [4.78, 5) is 5.64. The number of thioether (sulfide) groups is 1. The Balaban J connectivity index is 1.56. The van der Waals surface area contributed by atoms with Gasteiger partial charge in [-0.25, -0.2) is 4.98 Å². The van der Waals surface area contributed by atoms with Crippen LogP contribution in [0.2, 0.25) is 0 Å². The molecule has 18 heavy (non-hydrogen) atoms. The van der Waals surface area contributed by atoms with Crippen molar-refractivity contribution in [3.63, 3.8) is 0 Å². The van der Waals surface area contributed by atoms with E-state index in [1.54, 1.807) is 11.0 Å². The van der Waals surface area contributed by atoms with Crippen LogP contribution in [0.15, 0.2) is 35.5 Å². The van der Waals surface area contributed by atoms with Gasteiger partial charge in [-0.15, -0.1) is 11.8 Å². The van der Waals surface area contributed by atoms with Gasteiger partial charge in [-0.3, -0.25) is 4.68 Å². The molecule has 0 amide bonds. The maximum absolute atomic E-state index is 4.26. The van der Waals surface area contributed by atoms with Crippen molar-refractivity contribution in [3.05, 3.63) is 42.0 Å². The van der Waals surface area contributed by atoms with Crippen LogP contribution < -0.4 is 5.32 Å². The SMILES string of the molecule is Cn1cnc(CNCC2CSc3ccccc32)n1. The van der Waals surface area contributed by atoms with Gasteiger partial charge in [0.15, 0.2) is 5.82 Å². The van der Waals surface area contributed by atoms with Crippen LogP contribution in [-0.4, -0.2) is 27.1 Å². The number of nitrogens with one attached hydrogen (secondary N) is 1. The number of fused-ring (bicyclic) bond motifs is 1. The second-order valence-corrected chi connectivity index (χ2v) is 5.57. The Morgan fingerprint density at radius 1 is 1.44 bits per heavy atom. The molecule has 0 saturated carbocycles. The van der Waals surface area contributed by atoms with E-state index in [-0.39, 0.29) is 0 Å². The summed E-state index contributed by atoms with van der Waals surface area (Å²) in [6, 6.07) is 8.68. The van der Waals surface area contributed by atoms with E-state index < -0.39 is 0 Å². The second-order valence-electron chi connectivity index (χ2n) is 4.51. The van der Waals surface area contributed by atoms with Gasteiger partial charge in [0.05, 0.1) is 6.54 Å². The number of aryl methyl sites for hydroxylation is 1. The van der Waals surface area contributed by atoms with Crippen LogP contribution in [0.4, 0.5) is 0 Å². The summed E-state index contributed by atoms with van der Waals surface area (Å²) in [7, 11) is 1.89. The van der Waals surface area contributed by atoms with E-state index >= 15 is 0 Å². The molecule has 1 aromatic heterocycles. The molecule has 1 aliphatic rings. The molecule has 0 aliphatic carbocycles. The first-order valence-corrected chi connectivity index (χ1v) is 7.08. The topological polar surface area (TPSA) is 42.7 Å². The smallest absolute Gasteiger partial charge is 0.164 e. The Morgan fingerprint density at radius 2 is 2.33 bits per heavy atom. The molecule has 1 unspecified atom stereocenters. The molecule has 0 saturated heterocycles. The van der Waals surface area contributed by atoms with Crippen molar-refractivity contribution >= 4 is 11.8 Å². The van der Waals surface area contributed by atoms with E-state index in [2.05, 4.69) is 39.7 Å². The van der Waals surface area contributed by atoms with Gasteiger partial charge in [0, 0.05) is 30.2 Å². The average molecular weight is 260 g/mol. The fraction of sp³-hybridized carbons (Fsp3) is 0.385. The Hall–Kier alpha value is -1.33. The van der Waals surface area contributed by atoms with Crippen molar-refractivity contribution in [1.29, 1.82) is 0 Å². The zero-order chi connectivity index (χ0) is 12.4. The van der Waals surface area contributed by atoms with Crippen LogP contribution in [0.1, 0.15) is 17.3 Å². The summed E-state index contributed by atoms with van der Waals surface area (Å²) in [5.41, 5.74) is 1.48. The van der Waals surface area contributed by atoms with E-state index in [1.807, 2.05) is 18.8 Å². The molecule has 3 rings (SSSR count). The summed E-state index contributed by atoms with van der Waals surface area (Å²) in [5, 5.41) is 7.70. The van der Waals surface area contributed by atoms with Crippen LogP contribution in [0.25, 0.3) is 0 Å². The standard InChI is InChI=1S/C13H16N4S/c1-17-9-15-13(16-17)7-14-6-10-8-18-12-5-3-2-4-11(10)12/h2-5,9-10,14H,6-8H2,1H3. The summed E-state index contributed by atoms with van der Waals surface area (Å²) < 4.78 is 1.73. The third kappa shape index (κ3) is 2.42. The third-order valence-electron chi connectivity index (χ3n) is 3.12. The van der Waals surface area contributed by atoms with E-state index in [9.17, 15) is 0 Å². The van der Waals surface area contributed by atoms with Gasteiger partial charge in [0.25, 0.3) is 0 Å². The number of hydrogen-bond acceptors (Lipinski definition) is 4. The third-order valence-corrected chi connectivity index (χ3v) is 4.37. The molecule has 1 aromatic carbocycles. The van der Waals surface area contributed by atoms with Gasteiger partial charge in [0.1, 0.15) is 6.33 Å². The second kappa shape index (κ2) is 5.12. The first-order valence-electron chi connectivity index (χ1n) is 6.10. The zero-order valence-electron chi connectivity index (χ0n) is 10.3. The lowest BCUT2D eigenvalue weighted by Crippen LogP contribution is -2.21. The fourth-order valence-electron chi connectivity index (χ4n) is 2.22. The first kappa shape index (κ1) is 11.7. The highest BCUT2D eigenvalue weighted by Crippen LogP contribution is 2.38.